The molecule has 0 spiro atoms. The number of morpholine rings is 1. The van der Waals surface area contributed by atoms with Gasteiger partial charge in [-0.05, 0) is 0 Å². The Hall–Kier alpha value is -0.281. The van der Waals surface area contributed by atoms with Crippen LogP contribution in [-0.4, -0.2) is 64.8 Å². The summed E-state index contributed by atoms with van der Waals surface area (Å²) in [6, 6.07) is 0. The van der Waals surface area contributed by atoms with Gasteiger partial charge in [-0.2, -0.15) is 0 Å². The van der Waals surface area contributed by atoms with Gasteiger partial charge >= 0.3 is 217 Å². The average Bonchev–Trinajstić information content (AvgIpc) is 3.07. The molecule has 6 nitrogen and oxygen atoms in total. The second kappa shape index (κ2) is 27.6. The number of hydrogen-bond donors (Lipinski definition) is 1. The molecule has 1 saturated heterocycles. The third-order valence-electron chi connectivity index (χ3n) is 9.48. The number of nitrogens with zero attached hydrogens (tertiary/aromatic N) is 4. The van der Waals surface area contributed by atoms with Crippen LogP contribution < -0.4 is 10.2 Å². The van der Waals surface area contributed by atoms with Gasteiger partial charge in [0.1, 0.15) is 0 Å². The molecule has 0 amide bonds. The molecular formula is C37H73N5OSSn. The number of ether oxygens (including phenoxy) is 1. The summed E-state index contributed by atoms with van der Waals surface area (Å²) in [4.78, 5) is 17.4. The molecule has 0 radical (unpaired) electrons. The van der Waals surface area contributed by atoms with Gasteiger partial charge in [0.15, 0.2) is 0 Å². The van der Waals surface area contributed by atoms with Crippen molar-refractivity contribution in [1.82, 2.24) is 15.0 Å². The van der Waals surface area contributed by atoms with E-state index in [0.29, 0.717) is 0 Å². The van der Waals surface area contributed by atoms with Crippen LogP contribution in [0.25, 0.3) is 0 Å². The Morgan fingerprint density at radius 1 is 0.578 bits per heavy atom. The van der Waals surface area contributed by atoms with Crippen LogP contribution in [0.1, 0.15) is 169 Å². The number of nitrogens with one attached hydrogen (secondary N) is 1. The van der Waals surface area contributed by atoms with Crippen LogP contribution in [0, 0.1) is 0 Å². The summed E-state index contributed by atoms with van der Waals surface area (Å²) >= 11 is -2.50. The third kappa shape index (κ3) is 19.3. The molecule has 1 fully saturated rings. The van der Waals surface area contributed by atoms with Crippen molar-refractivity contribution < 1.29 is 4.74 Å². The third-order valence-corrected chi connectivity index (χ3v) is 30.5. The minimum absolute atomic E-state index is 0.753. The van der Waals surface area contributed by atoms with E-state index in [2.05, 4.69) is 46.9 Å². The molecule has 1 aromatic heterocycles. The molecule has 45 heavy (non-hydrogen) atoms. The second-order valence-corrected chi connectivity index (χ2v) is 32.8. The monoisotopic (exact) mass is 755 g/mol. The van der Waals surface area contributed by atoms with Crippen molar-refractivity contribution >= 4 is 37.8 Å². The number of unbranched alkanes of at least 4 members (excludes halogenated alkanes) is 18. The SMILES string of the molecule is CCCCCCCCCCCCCCCCCCNc1nc([S][Sn]([CH2]CCC)([CH2]CCC)[CH2]CCC)nc(N2CCOCC2)n1. The van der Waals surface area contributed by atoms with E-state index in [1.807, 2.05) is 0 Å². The molecule has 0 aliphatic carbocycles. The normalized spacial score (nSPS) is 13.9. The average molecular weight is 755 g/mol. The molecule has 0 atom stereocenters. The van der Waals surface area contributed by atoms with Gasteiger partial charge in [-0.3, -0.25) is 0 Å². The van der Waals surface area contributed by atoms with Gasteiger partial charge in [0.05, 0.1) is 0 Å². The number of hydrogen-bond acceptors (Lipinski definition) is 7. The predicted molar refractivity (Wildman–Crippen MR) is 202 cm³/mol. The summed E-state index contributed by atoms with van der Waals surface area (Å²) in [7, 11) is 2.16. The van der Waals surface area contributed by atoms with Crippen molar-refractivity contribution in [3.8, 4) is 0 Å². The van der Waals surface area contributed by atoms with Crippen molar-refractivity contribution in [3.63, 3.8) is 0 Å². The van der Waals surface area contributed by atoms with Gasteiger partial charge in [-0.15, -0.1) is 0 Å². The van der Waals surface area contributed by atoms with Crippen molar-refractivity contribution in [3.05, 3.63) is 0 Å². The number of aromatic nitrogens is 3. The van der Waals surface area contributed by atoms with Gasteiger partial charge in [-0.25, -0.2) is 0 Å². The van der Waals surface area contributed by atoms with E-state index in [1.54, 1.807) is 0 Å². The fourth-order valence-electron chi connectivity index (χ4n) is 6.47. The van der Waals surface area contributed by atoms with Crippen LogP contribution in [0.15, 0.2) is 5.16 Å². The van der Waals surface area contributed by atoms with Crippen molar-refractivity contribution in [1.29, 1.82) is 0 Å². The summed E-state index contributed by atoms with van der Waals surface area (Å²) in [5.74, 6) is 1.64. The van der Waals surface area contributed by atoms with Crippen molar-refractivity contribution in [2.24, 2.45) is 0 Å². The van der Waals surface area contributed by atoms with E-state index < -0.39 is 17.0 Å². The van der Waals surface area contributed by atoms with Crippen molar-refractivity contribution in [2.45, 2.75) is 187 Å². The van der Waals surface area contributed by atoms with E-state index in [1.165, 1.54) is 155 Å². The summed E-state index contributed by atoms with van der Waals surface area (Å²) in [6.07, 6.45) is 30.4. The first-order chi connectivity index (χ1) is 22.2. The van der Waals surface area contributed by atoms with Gasteiger partial charge in [0.2, 0.25) is 0 Å². The van der Waals surface area contributed by atoms with Crippen LogP contribution >= 0.6 is 8.95 Å². The number of rotatable bonds is 30. The molecule has 8 heteroatoms. The molecule has 0 bridgehead atoms. The fraction of sp³-hybridized carbons (Fsp3) is 0.919. The van der Waals surface area contributed by atoms with Crippen LogP contribution in [0.4, 0.5) is 11.9 Å². The van der Waals surface area contributed by atoms with Crippen LogP contribution in [-0.2, 0) is 4.74 Å². The van der Waals surface area contributed by atoms with Gasteiger partial charge in [0.25, 0.3) is 0 Å². The fourth-order valence-corrected chi connectivity index (χ4v) is 27.7. The van der Waals surface area contributed by atoms with E-state index in [-0.39, 0.29) is 0 Å². The Morgan fingerprint density at radius 2 is 1.02 bits per heavy atom. The van der Waals surface area contributed by atoms with E-state index in [4.69, 9.17) is 19.7 Å². The molecule has 262 valence electrons. The first kappa shape index (κ1) is 40.9. The molecule has 2 heterocycles. The molecule has 2 rings (SSSR count). The Kier molecular flexibility index (Phi) is 25.1. The van der Waals surface area contributed by atoms with E-state index in [9.17, 15) is 0 Å². The van der Waals surface area contributed by atoms with Gasteiger partial charge in [-0.1, -0.05) is 71.1 Å². The Labute approximate surface area is 286 Å². The van der Waals surface area contributed by atoms with E-state index in [0.717, 1.165) is 49.9 Å². The van der Waals surface area contributed by atoms with Gasteiger partial charge in [0, 0.05) is 0 Å². The Bertz CT molecular complexity index is 804. The van der Waals surface area contributed by atoms with Crippen LogP contribution in [0.3, 0.4) is 0 Å². The van der Waals surface area contributed by atoms with Crippen molar-refractivity contribution in [2.75, 3.05) is 43.1 Å². The maximum absolute atomic E-state index is 5.64. The van der Waals surface area contributed by atoms with Gasteiger partial charge < -0.3 is 0 Å². The summed E-state index contributed by atoms with van der Waals surface area (Å²) < 4.78 is 10.0. The molecule has 0 aromatic carbocycles. The summed E-state index contributed by atoms with van der Waals surface area (Å²) in [6.45, 7) is 13.5. The summed E-state index contributed by atoms with van der Waals surface area (Å²) in [5, 5.41) is 4.62. The van der Waals surface area contributed by atoms with Crippen LogP contribution in [0.2, 0.25) is 13.3 Å². The zero-order valence-electron chi connectivity index (χ0n) is 30.3. The first-order valence-electron chi connectivity index (χ1n) is 19.7. The molecule has 1 aliphatic heterocycles. The Morgan fingerprint density at radius 3 is 1.49 bits per heavy atom. The molecule has 0 saturated carbocycles. The molecular weight excluding hydrogens is 681 g/mol. The van der Waals surface area contributed by atoms with Crippen LogP contribution in [0.5, 0.6) is 0 Å². The zero-order chi connectivity index (χ0) is 32.3. The number of anilines is 2. The maximum atomic E-state index is 5.64. The molecule has 0 unspecified atom stereocenters. The minimum atomic E-state index is -2.50. The molecule has 1 N–H and O–H groups in total. The topological polar surface area (TPSA) is 63.2 Å². The Balaban J connectivity index is 1.79. The first-order valence-corrected chi connectivity index (χ1v) is 30.0. The predicted octanol–water partition coefficient (Wildman–Crippen LogP) is 11.8. The quantitative estimate of drug-likeness (QED) is 0.0620. The summed E-state index contributed by atoms with van der Waals surface area (Å²) in [5.41, 5.74) is 0. The zero-order valence-corrected chi connectivity index (χ0v) is 34.0. The van der Waals surface area contributed by atoms with E-state index >= 15 is 0 Å². The molecule has 1 aliphatic rings. The molecule has 1 aromatic rings. The second-order valence-electron chi connectivity index (χ2n) is 13.7. The standard InChI is InChI=1S/C25H47N5OS.3C4H9.Sn/c1-2-3-4-5-6-7-8-9-10-11-12-13-14-15-16-17-18-26-23-27-24(29-25(32)28-23)30-19-21-31-22-20-30;3*1-3-4-2;/h2-22H2,1H3,(H2,26,27,28,29,32);3*1,3-4H2,2H3;/q;;;;+1/p-1.